The fourth-order valence-corrected chi connectivity index (χ4v) is 2.71. The second-order valence-corrected chi connectivity index (χ2v) is 5.86. The number of hydrogen-bond donors (Lipinski definition) is 1. The number of nitro benzene ring substituents is 2. The summed E-state index contributed by atoms with van der Waals surface area (Å²) in [6.07, 6.45) is 0. The van der Waals surface area contributed by atoms with Gasteiger partial charge in [-0.15, -0.1) is 0 Å². The summed E-state index contributed by atoms with van der Waals surface area (Å²) in [7, 11) is 0. The minimum atomic E-state index is -0.701. The molecule has 8 nitrogen and oxygen atoms in total. The van der Waals surface area contributed by atoms with E-state index in [2.05, 4.69) is 0 Å². The number of Topliss-reactive ketones (excluding diaryl/α,β-unsaturated/α-hetero) is 1. The zero-order valence-corrected chi connectivity index (χ0v) is 14.4. The minimum absolute atomic E-state index is 0.158. The number of carbonyl (C=O) groups excluding carboxylic acids is 1. The summed E-state index contributed by atoms with van der Waals surface area (Å²) in [6, 6.07) is 17.9. The molecule has 0 saturated carbocycles. The molecule has 0 spiro atoms. The molecule has 8 heteroatoms. The third-order valence-electron chi connectivity index (χ3n) is 4.14. The number of nitro groups is 2. The van der Waals surface area contributed by atoms with E-state index in [4.69, 9.17) is 5.41 Å². The van der Waals surface area contributed by atoms with Crippen molar-refractivity contribution in [1.29, 1.82) is 5.41 Å². The largest absolute Gasteiger partial charge is 0.296 e. The highest BCUT2D eigenvalue weighted by Gasteiger charge is 2.21. The Morgan fingerprint density at radius 1 is 0.786 bits per heavy atom. The van der Waals surface area contributed by atoms with E-state index < -0.39 is 21.3 Å². The van der Waals surface area contributed by atoms with E-state index in [1.807, 2.05) is 0 Å². The van der Waals surface area contributed by atoms with E-state index in [9.17, 15) is 25.0 Å². The number of nitrogens with one attached hydrogen (secondary N) is 1. The maximum absolute atomic E-state index is 12.5. The third-order valence-corrected chi connectivity index (χ3v) is 4.14. The molecule has 0 aliphatic carbocycles. The molecular weight excluding hydrogens is 362 g/mol. The molecule has 3 aromatic carbocycles. The van der Waals surface area contributed by atoms with Crippen LogP contribution in [0.25, 0.3) is 11.1 Å². The lowest BCUT2D eigenvalue weighted by Crippen LogP contribution is -2.14. The first kappa shape index (κ1) is 18.6. The van der Waals surface area contributed by atoms with Gasteiger partial charge in [0.25, 0.3) is 11.4 Å². The molecule has 0 aliphatic heterocycles. The average molecular weight is 375 g/mol. The lowest BCUT2D eigenvalue weighted by molar-refractivity contribution is -0.393. The average Bonchev–Trinajstić information content (AvgIpc) is 2.73. The molecule has 0 bridgehead atoms. The molecule has 3 rings (SSSR count). The number of hydrogen-bond acceptors (Lipinski definition) is 6. The van der Waals surface area contributed by atoms with Crippen LogP contribution in [0, 0.1) is 25.6 Å². The van der Waals surface area contributed by atoms with E-state index in [0.29, 0.717) is 11.1 Å². The van der Waals surface area contributed by atoms with Crippen molar-refractivity contribution in [3.05, 3.63) is 104 Å². The van der Waals surface area contributed by atoms with Crippen LogP contribution in [0.5, 0.6) is 0 Å². The Hall–Kier alpha value is -4.20. The molecule has 138 valence electrons. The number of rotatable bonds is 6. The predicted octanol–water partition coefficient (Wildman–Crippen LogP) is 4.42. The van der Waals surface area contributed by atoms with Crippen LogP contribution in [0.2, 0.25) is 0 Å². The normalized spacial score (nSPS) is 10.3. The molecule has 0 atom stereocenters. The Morgan fingerprint density at radius 3 is 2.00 bits per heavy atom. The van der Waals surface area contributed by atoms with Crippen LogP contribution in [0.15, 0.2) is 72.8 Å². The predicted molar refractivity (Wildman–Crippen MR) is 103 cm³/mol. The van der Waals surface area contributed by atoms with Crippen molar-refractivity contribution in [2.24, 2.45) is 0 Å². The Bertz CT molecular complexity index is 1090. The molecule has 0 unspecified atom stereocenters. The Morgan fingerprint density at radius 2 is 1.43 bits per heavy atom. The Kier molecular flexibility index (Phi) is 5.03. The van der Waals surface area contributed by atoms with Crippen molar-refractivity contribution < 1.29 is 14.6 Å². The number of carbonyl (C=O) groups is 1. The van der Waals surface area contributed by atoms with Gasteiger partial charge in [-0.2, -0.15) is 0 Å². The monoisotopic (exact) mass is 375 g/mol. The van der Waals surface area contributed by atoms with Crippen LogP contribution in [0.3, 0.4) is 0 Å². The number of benzene rings is 3. The standard InChI is InChI=1S/C20H13N3O5/c21-19(14-4-2-1-3-5-14)20(24)15-8-6-13(7-9-15)17-11-10-16(22(25)26)12-18(17)23(27)28/h1-12,21H. The van der Waals surface area contributed by atoms with Gasteiger partial charge in [0.2, 0.25) is 5.78 Å². The van der Waals surface area contributed by atoms with Gasteiger partial charge in [-0.05, 0) is 11.6 Å². The fourth-order valence-electron chi connectivity index (χ4n) is 2.71. The molecular formula is C20H13N3O5. The molecule has 1 N–H and O–H groups in total. The van der Waals surface area contributed by atoms with Gasteiger partial charge in [0.05, 0.1) is 21.5 Å². The van der Waals surface area contributed by atoms with Crippen LogP contribution in [0.4, 0.5) is 11.4 Å². The van der Waals surface area contributed by atoms with Gasteiger partial charge in [-0.3, -0.25) is 30.4 Å². The summed E-state index contributed by atoms with van der Waals surface area (Å²) < 4.78 is 0. The van der Waals surface area contributed by atoms with Crippen molar-refractivity contribution in [3.63, 3.8) is 0 Å². The molecule has 0 amide bonds. The van der Waals surface area contributed by atoms with Crippen molar-refractivity contribution in [2.75, 3.05) is 0 Å². The van der Waals surface area contributed by atoms with Crippen molar-refractivity contribution >= 4 is 22.9 Å². The van der Waals surface area contributed by atoms with Crippen LogP contribution >= 0.6 is 0 Å². The van der Waals surface area contributed by atoms with Crippen molar-refractivity contribution in [1.82, 2.24) is 0 Å². The lowest BCUT2D eigenvalue weighted by Gasteiger charge is -2.06. The first-order chi connectivity index (χ1) is 13.4. The first-order valence-electron chi connectivity index (χ1n) is 8.10. The number of nitrogens with zero attached hydrogens (tertiary/aromatic N) is 2. The van der Waals surface area contributed by atoms with E-state index in [1.165, 1.54) is 36.4 Å². The summed E-state index contributed by atoms with van der Waals surface area (Å²) in [5.74, 6) is -0.476. The highest BCUT2D eigenvalue weighted by atomic mass is 16.6. The van der Waals surface area contributed by atoms with Gasteiger partial charge in [-0.1, -0.05) is 54.6 Å². The maximum atomic E-state index is 12.5. The fraction of sp³-hybridized carbons (Fsp3) is 0. The summed E-state index contributed by atoms with van der Waals surface area (Å²) >= 11 is 0. The zero-order valence-electron chi connectivity index (χ0n) is 14.4. The van der Waals surface area contributed by atoms with Crippen LogP contribution in [-0.2, 0) is 0 Å². The van der Waals surface area contributed by atoms with Gasteiger partial charge in [0.1, 0.15) is 5.71 Å². The molecule has 0 aliphatic rings. The highest BCUT2D eigenvalue weighted by Crippen LogP contribution is 2.33. The second-order valence-electron chi connectivity index (χ2n) is 5.86. The number of ketones is 1. The molecule has 0 saturated heterocycles. The van der Waals surface area contributed by atoms with Gasteiger partial charge in [0, 0.05) is 17.2 Å². The quantitative estimate of drug-likeness (QED) is 0.295. The van der Waals surface area contributed by atoms with Crippen molar-refractivity contribution in [2.45, 2.75) is 0 Å². The van der Waals surface area contributed by atoms with Gasteiger partial charge < -0.3 is 0 Å². The Labute approximate surface area is 158 Å². The van der Waals surface area contributed by atoms with E-state index >= 15 is 0 Å². The van der Waals surface area contributed by atoms with E-state index in [1.54, 1.807) is 30.3 Å². The van der Waals surface area contributed by atoms with E-state index in [-0.39, 0.29) is 22.5 Å². The van der Waals surface area contributed by atoms with Crippen molar-refractivity contribution in [3.8, 4) is 11.1 Å². The lowest BCUT2D eigenvalue weighted by atomic mass is 9.97. The first-order valence-corrected chi connectivity index (χ1v) is 8.10. The van der Waals surface area contributed by atoms with Crippen LogP contribution in [-0.4, -0.2) is 21.3 Å². The second kappa shape index (κ2) is 7.58. The van der Waals surface area contributed by atoms with Crippen LogP contribution < -0.4 is 0 Å². The van der Waals surface area contributed by atoms with Gasteiger partial charge in [0.15, 0.2) is 0 Å². The molecule has 0 heterocycles. The SMILES string of the molecule is N=C(C(=O)c1ccc(-c2ccc([N+](=O)[O-])cc2[N+](=O)[O-])cc1)c1ccccc1. The molecule has 28 heavy (non-hydrogen) atoms. The summed E-state index contributed by atoms with van der Waals surface area (Å²) in [5, 5.41) is 30.2. The summed E-state index contributed by atoms with van der Waals surface area (Å²) in [5.41, 5.74) is 0.459. The Balaban J connectivity index is 1.93. The third kappa shape index (κ3) is 3.65. The molecule has 0 aromatic heterocycles. The molecule has 3 aromatic rings. The summed E-state index contributed by atoms with van der Waals surface area (Å²) in [6.45, 7) is 0. The van der Waals surface area contributed by atoms with Gasteiger partial charge >= 0.3 is 0 Å². The zero-order chi connectivity index (χ0) is 20.3. The smallest absolute Gasteiger partial charge is 0.284 e. The van der Waals surface area contributed by atoms with Crippen LogP contribution in [0.1, 0.15) is 15.9 Å². The van der Waals surface area contributed by atoms with E-state index in [0.717, 1.165) is 6.07 Å². The highest BCUT2D eigenvalue weighted by molar-refractivity contribution is 6.50. The van der Waals surface area contributed by atoms with Gasteiger partial charge in [-0.25, -0.2) is 0 Å². The topological polar surface area (TPSA) is 127 Å². The molecule has 0 fully saturated rings. The number of non-ortho nitro benzene ring substituents is 1. The summed E-state index contributed by atoms with van der Waals surface area (Å²) in [4.78, 5) is 33.2. The maximum Gasteiger partial charge on any atom is 0.284 e. The molecule has 0 radical (unpaired) electrons. The minimum Gasteiger partial charge on any atom is -0.296 e.